The van der Waals surface area contributed by atoms with Gasteiger partial charge < -0.3 is 20.0 Å². The van der Waals surface area contributed by atoms with Crippen molar-refractivity contribution in [2.24, 2.45) is 0 Å². The predicted octanol–water partition coefficient (Wildman–Crippen LogP) is 4.55. The van der Waals surface area contributed by atoms with Crippen LogP contribution in [-0.2, 0) is 0 Å². The van der Waals surface area contributed by atoms with Crippen LogP contribution in [0.25, 0.3) is 11.3 Å². The lowest BCUT2D eigenvalue weighted by atomic mass is 10.0. The van der Waals surface area contributed by atoms with E-state index < -0.39 is 5.82 Å². The summed E-state index contributed by atoms with van der Waals surface area (Å²) in [5, 5.41) is 7.54. The largest absolute Gasteiger partial charge is 0.367 e. The molecule has 2 fully saturated rings. The molecule has 198 valence electrons. The lowest BCUT2D eigenvalue weighted by molar-refractivity contribution is 0.178. The number of unbranched alkanes of at least 4 members (excludes halogenated alkanes) is 1. The molecule has 1 N–H and O–H groups in total. The number of piperidine rings is 1. The standard InChI is InChI=1S/C27H36F2N8/c1-3-4-9-35-10-7-22(8-11-35)37-19-20(17-31-37)26-24(29)18-30-27(33-26)32-21-5-6-25(23(28)16-21)36-14-12-34(2)13-15-36/h5-6,16-19,22H,3-4,7-15H2,1-2H3,(H,30,32,33). The van der Waals surface area contributed by atoms with Crippen LogP contribution in [0.1, 0.15) is 38.6 Å². The number of hydrogen-bond donors (Lipinski definition) is 1. The van der Waals surface area contributed by atoms with Crippen LogP contribution in [0.5, 0.6) is 0 Å². The van der Waals surface area contributed by atoms with Gasteiger partial charge in [0.05, 0.1) is 24.1 Å². The molecule has 2 aliphatic heterocycles. The van der Waals surface area contributed by atoms with E-state index in [-0.39, 0.29) is 17.5 Å². The van der Waals surface area contributed by atoms with E-state index >= 15 is 0 Å². The first-order valence-electron chi connectivity index (χ1n) is 13.3. The molecule has 5 rings (SSSR count). The average Bonchev–Trinajstić information content (AvgIpc) is 3.40. The highest BCUT2D eigenvalue weighted by Crippen LogP contribution is 2.28. The van der Waals surface area contributed by atoms with E-state index in [1.807, 2.05) is 10.9 Å². The molecule has 0 saturated carbocycles. The van der Waals surface area contributed by atoms with Gasteiger partial charge in [-0.05, 0) is 51.1 Å². The molecule has 1 aromatic carbocycles. The molecule has 0 spiro atoms. The topological polar surface area (TPSA) is 65.4 Å². The summed E-state index contributed by atoms with van der Waals surface area (Å²) in [6.07, 6.45) is 9.16. The van der Waals surface area contributed by atoms with E-state index in [0.29, 0.717) is 23.0 Å². The zero-order valence-electron chi connectivity index (χ0n) is 21.7. The van der Waals surface area contributed by atoms with E-state index in [1.54, 1.807) is 18.3 Å². The Labute approximate surface area is 217 Å². The monoisotopic (exact) mass is 510 g/mol. The molecule has 0 radical (unpaired) electrons. The molecular weight excluding hydrogens is 474 g/mol. The van der Waals surface area contributed by atoms with Gasteiger partial charge in [0.15, 0.2) is 5.82 Å². The van der Waals surface area contributed by atoms with Crippen LogP contribution >= 0.6 is 0 Å². The van der Waals surface area contributed by atoms with Crippen molar-refractivity contribution in [3.63, 3.8) is 0 Å². The van der Waals surface area contributed by atoms with Crippen LogP contribution in [-0.4, -0.2) is 82.4 Å². The van der Waals surface area contributed by atoms with Gasteiger partial charge in [0.1, 0.15) is 11.5 Å². The molecule has 10 heteroatoms. The number of anilines is 3. The molecular formula is C27H36F2N8. The third-order valence-corrected chi connectivity index (χ3v) is 7.43. The Bertz CT molecular complexity index is 1180. The van der Waals surface area contributed by atoms with E-state index in [0.717, 1.165) is 64.9 Å². The number of nitrogens with one attached hydrogen (secondary N) is 1. The van der Waals surface area contributed by atoms with Gasteiger partial charge >= 0.3 is 0 Å². The number of piperazine rings is 1. The zero-order valence-corrected chi connectivity index (χ0v) is 21.7. The quantitative estimate of drug-likeness (QED) is 0.477. The number of hydrogen-bond acceptors (Lipinski definition) is 7. The minimum atomic E-state index is -0.518. The van der Waals surface area contributed by atoms with Crippen molar-refractivity contribution in [2.45, 2.75) is 38.6 Å². The number of likely N-dealkylation sites (N-methyl/N-ethyl adjacent to an activating group) is 1. The summed E-state index contributed by atoms with van der Waals surface area (Å²) in [7, 11) is 2.07. The highest BCUT2D eigenvalue weighted by atomic mass is 19.1. The highest BCUT2D eigenvalue weighted by molar-refractivity contribution is 5.63. The lowest BCUT2D eigenvalue weighted by Gasteiger charge is -2.34. The van der Waals surface area contributed by atoms with Gasteiger partial charge in [0.25, 0.3) is 0 Å². The van der Waals surface area contributed by atoms with Gasteiger partial charge in [-0.15, -0.1) is 0 Å². The highest BCUT2D eigenvalue weighted by Gasteiger charge is 2.22. The SMILES string of the molecule is CCCCN1CCC(n2cc(-c3nc(Nc4ccc(N5CCN(C)CC5)c(F)c4)ncc3F)cn2)CC1. The fourth-order valence-corrected chi connectivity index (χ4v) is 5.10. The summed E-state index contributed by atoms with van der Waals surface area (Å²) in [5.74, 6) is -0.616. The average molecular weight is 511 g/mol. The Morgan fingerprint density at radius 3 is 2.51 bits per heavy atom. The minimum absolute atomic E-state index is 0.179. The normalized spacial score (nSPS) is 17.9. The third kappa shape index (κ3) is 6.07. The van der Waals surface area contributed by atoms with Gasteiger partial charge in [0.2, 0.25) is 5.95 Å². The van der Waals surface area contributed by atoms with Crippen LogP contribution in [0.15, 0.2) is 36.8 Å². The van der Waals surface area contributed by atoms with Crippen molar-refractivity contribution >= 4 is 17.3 Å². The van der Waals surface area contributed by atoms with Crippen LogP contribution in [0.4, 0.5) is 26.1 Å². The van der Waals surface area contributed by atoms with Crippen molar-refractivity contribution in [1.29, 1.82) is 0 Å². The van der Waals surface area contributed by atoms with Crippen molar-refractivity contribution in [1.82, 2.24) is 29.5 Å². The fourth-order valence-electron chi connectivity index (χ4n) is 5.10. The number of rotatable bonds is 8. The molecule has 0 unspecified atom stereocenters. The number of aromatic nitrogens is 4. The maximum atomic E-state index is 14.9. The fraction of sp³-hybridized carbons (Fsp3) is 0.519. The second-order valence-corrected chi connectivity index (χ2v) is 10.1. The van der Waals surface area contributed by atoms with Gasteiger partial charge in [-0.3, -0.25) is 4.68 Å². The maximum absolute atomic E-state index is 14.9. The molecule has 3 aromatic rings. The predicted molar refractivity (Wildman–Crippen MR) is 142 cm³/mol. The number of halogens is 2. The van der Waals surface area contributed by atoms with E-state index in [1.165, 1.54) is 18.9 Å². The molecule has 0 amide bonds. The van der Waals surface area contributed by atoms with Crippen LogP contribution in [0.3, 0.4) is 0 Å². The first-order chi connectivity index (χ1) is 18.0. The summed E-state index contributed by atoms with van der Waals surface area (Å²) < 4.78 is 31.5. The Kier molecular flexibility index (Phi) is 7.95. The molecule has 0 aliphatic carbocycles. The van der Waals surface area contributed by atoms with Gasteiger partial charge in [-0.2, -0.15) is 5.10 Å². The Balaban J connectivity index is 1.26. The van der Waals surface area contributed by atoms with E-state index in [2.05, 4.69) is 49.1 Å². The van der Waals surface area contributed by atoms with Crippen molar-refractivity contribution in [3.05, 3.63) is 48.4 Å². The summed E-state index contributed by atoms with van der Waals surface area (Å²) in [6, 6.07) is 5.31. The van der Waals surface area contributed by atoms with E-state index in [4.69, 9.17) is 0 Å². The maximum Gasteiger partial charge on any atom is 0.227 e. The second kappa shape index (κ2) is 11.5. The smallest absolute Gasteiger partial charge is 0.227 e. The Morgan fingerprint density at radius 1 is 1.00 bits per heavy atom. The molecule has 0 atom stereocenters. The molecule has 0 bridgehead atoms. The molecule has 2 aliphatic rings. The molecule has 2 saturated heterocycles. The summed E-state index contributed by atoms with van der Waals surface area (Å²) >= 11 is 0. The van der Waals surface area contributed by atoms with Gasteiger partial charge in [-0.1, -0.05) is 13.3 Å². The summed E-state index contributed by atoms with van der Waals surface area (Å²) in [5.41, 5.74) is 1.88. The second-order valence-electron chi connectivity index (χ2n) is 10.1. The summed E-state index contributed by atoms with van der Waals surface area (Å²) in [6.45, 7) is 8.86. The van der Waals surface area contributed by atoms with Crippen molar-refractivity contribution < 1.29 is 8.78 Å². The van der Waals surface area contributed by atoms with Crippen molar-refractivity contribution in [2.75, 3.05) is 63.1 Å². The lowest BCUT2D eigenvalue weighted by Crippen LogP contribution is -2.44. The number of benzene rings is 1. The van der Waals surface area contributed by atoms with Crippen molar-refractivity contribution in [3.8, 4) is 11.3 Å². The van der Waals surface area contributed by atoms with Crippen LogP contribution in [0, 0.1) is 11.6 Å². The first-order valence-corrected chi connectivity index (χ1v) is 13.3. The van der Waals surface area contributed by atoms with E-state index in [9.17, 15) is 8.78 Å². The summed E-state index contributed by atoms with van der Waals surface area (Å²) in [4.78, 5) is 15.3. The molecule has 2 aromatic heterocycles. The molecule has 37 heavy (non-hydrogen) atoms. The Morgan fingerprint density at radius 2 is 1.78 bits per heavy atom. The third-order valence-electron chi connectivity index (χ3n) is 7.43. The number of likely N-dealkylation sites (tertiary alicyclic amines) is 1. The van der Waals surface area contributed by atoms with Crippen LogP contribution in [0.2, 0.25) is 0 Å². The first kappa shape index (κ1) is 25.5. The Hall–Kier alpha value is -3.11. The van der Waals surface area contributed by atoms with Gasteiger partial charge in [0, 0.05) is 56.7 Å². The van der Waals surface area contributed by atoms with Gasteiger partial charge in [-0.25, -0.2) is 18.7 Å². The molecule has 4 heterocycles. The molecule has 8 nitrogen and oxygen atoms in total. The van der Waals surface area contributed by atoms with Crippen LogP contribution < -0.4 is 10.2 Å². The minimum Gasteiger partial charge on any atom is -0.367 e. The number of nitrogens with zero attached hydrogens (tertiary/aromatic N) is 7. The zero-order chi connectivity index (χ0) is 25.8.